The average Bonchev–Trinajstić information content (AvgIpc) is 3.16. The standard InChI is InChI=1S/C25H20FNO4/c1-3-21(28)23-19-12-18(15-5-4-6-16(11-15)25(29)30-2)20(27)13-22(19)31-24(23)14-7-9-17(26)10-8-14/h4-13H,3,27H2,1-2H3. The molecule has 2 N–H and O–H groups in total. The van der Waals surface area contributed by atoms with Crippen molar-refractivity contribution in [2.24, 2.45) is 0 Å². The van der Waals surface area contributed by atoms with Crippen LogP contribution >= 0.6 is 0 Å². The molecular weight excluding hydrogens is 397 g/mol. The normalized spacial score (nSPS) is 10.9. The number of hydrogen-bond acceptors (Lipinski definition) is 5. The monoisotopic (exact) mass is 417 g/mol. The second-order valence-electron chi connectivity index (χ2n) is 7.10. The third kappa shape index (κ3) is 3.68. The summed E-state index contributed by atoms with van der Waals surface area (Å²) in [5, 5.41) is 0.610. The van der Waals surface area contributed by atoms with Crippen LogP contribution in [0.25, 0.3) is 33.4 Å². The summed E-state index contributed by atoms with van der Waals surface area (Å²) in [4.78, 5) is 24.8. The Bertz CT molecular complexity index is 1310. The number of methoxy groups -OCH3 is 1. The maximum Gasteiger partial charge on any atom is 0.337 e. The largest absolute Gasteiger partial charge is 0.465 e. The molecule has 0 saturated carbocycles. The summed E-state index contributed by atoms with van der Waals surface area (Å²) in [6.45, 7) is 1.77. The van der Waals surface area contributed by atoms with Crippen molar-refractivity contribution in [1.29, 1.82) is 0 Å². The first-order valence-corrected chi connectivity index (χ1v) is 9.76. The van der Waals surface area contributed by atoms with Crippen molar-refractivity contribution >= 4 is 28.4 Å². The third-order valence-electron chi connectivity index (χ3n) is 5.16. The molecule has 156 valence electrons. The number of ketones is 1. The van der Waals surface area contributed by atoms with E-state index in [0.29, 0.717) is 50.2 Å². The molecule has 0 bridgehead atoms. The first-order valence-electron chi connectivity index (χ1n) is 9.76. The molecule has 4 rings (SSSR count). The van der Waals surface area contributed by atoms with Gasteiger partial charge in [-0.05, 0) is 48.0 Å². The molecule has 0 aliphatic carbocycles. The van der Waals surface area contributed by atoms with Crippen LogP contribution in [-0.4, -0.2) is 18.9 Å². The van der Waals surface area contributed by atoms with Gasteiger partial charge in [0.2, 0.25) is 0 Å². The van der Waals surface area contributed by atoms with Gasteiger partial charge in [-0.2, -0.15) is 0 Å². The Kier molecular flexibility index (Phi) is 5.29. The Balaban J connectivity index is 1.95. The zero-order chi connectivity index (χ0) is 22.1. The number of anilines is 1. The highest BCUT2D eigenvalue weighted by atomic mass is 19.1. The van der Waals surface area contributed by atoms with Crippen LogP contribution in [0.2, 0.25) is 0 Å². The van der Waals surface area contributed by atoms with Crippen molar-refractivity contribution in [1.82, 2.24) is 0 Å². The number of hydrogen-bond donors (Lipinski definition) is 1. The number of Topliss-reactive ketones (excluding diaryl/α,β-unsaturated/α-hetero) is 1. The topological polar surface area (TPSA) is 82.5 Å². The number of benzene rings is 3. The molecule has 0 unspecified atom stereocenters. The van der Waals surface area contributed by atoms with E-state index in [2.05, 4.69) is 0 Å². The van der Waals surface area contributed by atoms with Gasteiger partial charge in [-0.1, -0.05) is 19.1 Å². The van der Waals surface area contributed by atoms with Gasteiger partial charge in [0.15, 0.2) is 5.78 Å². The fraction of sp³-hybridized carbons (Fsp3) is 0.120. The molecular formula is C25H20FNO4. The highest BCUT2D eigenvalue weighted by Gasteiger charge is 2.23. The molecule has 1 heterocycles. The fourth-order valence-electron chi connectivity index (χ4n) is 3.60. The molecule has 3 aromatic carbocycles. The highest BCUT2D eigenvalue weighted by Crippen LogP contribution is 2.39. The van der Waals surface area contributed by atoms with Gasteiger partial charge in [0.05, 0.1) is 18.2 Å². The Morgan fingerprint density at radius 2 is 1.77 bits per heavy atom. The SMILES string of the molecule is CCC(=O)c1c(-c2ccc(F)cc2)oc2cc(N)c(-c3cccc(C(=O)OC)c3)cc12. The third-order valence-corrected chi connectivity index (χ3v) is 5.16. The number of furan rings is 1. The van der Waals surface area contributed by atoms with E-state index in [9.17, 15) is 14.0 Å². The van der Waals surface area contributed by atoms with Gasteiger partial charge in [-0.15, -0.1) is 0 Å². The molecule has 0 atom stereocenters. The highest BCUT2D eigenvalue weighted by molar-refractivity contribution is 6.13. The number of nitrogen functional groups attached to an aromatic ring is 1. The molecule has 6 heteroatoms. The van der Waals surface area contributed by atoms with Crippen LogP contribution in [0.1, 0.15) is 34.1 Å². The van der Waals surface area contributed by atoms with Crippen LogP contribution in [0.5, 0.6) is 0 Å². The van der Waals surface area contributed by atoms with E-state index in [-0.39, 0.29) is 18.0 Å². The quantitative estimate of drug-likeness (QED) is 0.250. The van der Waals surface area contributed by atoms with Crippen molar-refractivity contribution in [2.75, 3.05) is 12.8 Å². The predicted octanol–water partition coefficient (Wildman–Crippen LogP) is 5.87. The Hall–Kier alpha value is -3.93. The van der Waals surface area contributed by atoms with Crippen LogP contribution in [0.4, 0.5) is 10.1 Å². The Labute approximate surface area is 178 Å². The van der Waals surface area contributed by atoms with Crippen molar-refractivity contribution in [2.45, 2.75) is 13.3 Å². The molecule has 0 saturated heterocycles. The number of carbonyl (C=O) groups excluding carboxylic acids is 2. The van der Waals surface area contributed by atoms with E-state index >= 15 is 0 Å². The number of ether oxygens (including phenoxy) is 1. The molecule has 0 radical (unpaired) electrons. The van der Waals surface area contributed by atoms with E-state index < -0.39 is 5.97 Å². The molecule has 0 fully saturated rings. The molecule has 1 aromatic heterocycles. The lowest BCUT2D eigenvalue weighted by Gasteiger charge is -2.08. The number of esters is 1. The van der Waals surface area contributed by atoms with Crippen molar-refractivity contribution < 1.29 is 23.1 Å². The van der Waals surface area contributed by atoms with Crippen LogP contribution in [0.3, 0.4) is 0 Å². The molecule has 5 nitrogen and oxygen atoms in total. The molecule has 4 aromatic rings. The van der Waals surface area contributed by atoms with Crippen LogP contribution in [0.15, 0.2) is 65.1 Å². The first kappa shape index (κ1) is 20.3. The number of nitrogens with two attached hydrogens (primary N) is 1. The maximum absolute atomic E-state index is 13.4. The van der Waals surface area contributed by atoms with Crippen molar-refractivity contribution in [3.63, 3.8) is 0 Å². The van der Waals surface area contributed by atoms with Gasteiger partial charge in [0, 0.05) is 34.7 Å². The van der Waals surface area contributed by atoms with Crippen LogP contribution < -0.4 is 5.73 Å². The Morgan fingerprint density at radius 1 is 1.03 bits per heavy atom. The van der Waals surface area contributed by atoms with Gasteiger partial charge in [0.25, 0.3) is 0 Å². The second kappa shape index (κ2) is 8.07. The van der Waals surface area contributed by atoms with Gasteiger partial charge in [-0.25, -0.2) is 9.18 Å². The summed E-state index contributed by atoms with van der Waals surface area (Å²) >= 11 is 0. The maximum atomic E-state index is 13.4. The zero-order valence-corrected chi connectivity index (χ0v) is 17.1. The van der Waals surface area contributed by atoms with Gasteiger partial charge in [0.1, 0.15) is 17.2 Å². The van der Waals surface area contributed by atoms with E-state index in [0.717, 1.165) is 0 Å². The minimum absolute atomic E-state index is 0.0999. The summed E-state index contributed by atoms with van der Waals surface area (Å²) in [7, 11) is 1.32. The predicted molar refractivity (Wildman–Crippen MR) is 117 cm³/mol. The number of fused-ring (bicyclic) bond motifs is 1. The van der Waals surface area contributed by atoms with E-state index in [4.69, 9.17) is 14.9 Å². The summed E-state index contributed by atoms with van der Waals surface area (Å²) in [6, 6.07) is 16.1. The van der Waals surface area contributed by atoms with Crippen LogP contribution in [-0.2, 0) is 4.74 Å². The minimum Gasteiger partial charge on any atom is -0.465 e. The fourth-order valence-corrected chi connectivity index (χ4v) is 3.60. The van der Waals surface area contributed by atoms with E-state index in [1.807, 2.05) is 6.07 Å². The average molecular weight is 417 g/mol. The molecule has 0 amide bonds. The zero-order valence-electron chi connectivity index (χ0n) is 17.1. The second-order valence-corrected chi connectivity index (χ2v) is 7.10. The van der Waals surface area contributed by atoms with Crippen LogP contribution in [0, 0.1) is 5.82 Å². The molecule has 0 aliphatic rings. The number of carbonyl (C=O) groups is 2. The minimum atomic E-state index is -0.453. The lowest BCUT2D eigenvalue weighted by molar-refractivity contribution is 0.0600. The number of rotatable bonds is 5. The van der Waals surface area contributed by atoms with Crippen molar-refractivity contribution in [3.8, 4) is 22.5 Å². The van der Waals surface area contributed by atoms with E-state index in [1.54, 1.807) is 49.4 Å². The summed E-state index contributed by atoms with van der Waals surface area (Å²) in [5.74, 6) is -0.552. The van der Waals surface area contributed by atoms with Gasteiger partial charge < -0.3 is 14.9 Å². The summed E-state index contributed by atoms with van der Waals surface area (Å²) in [6.07, 6.45) is 0.278. The summed E-state index contributed by atoms with van der Waals surface area (Å²) < 4.78 is 24.2. The van der Waals surface area contributed by atoms with Crippen molar-refractivity contribution in [3.05, 3.63) is 77.6 Å². The van der Waals surface area contributed by atoms with Gasteiger partial charge in [-0.3, -0.25) is 4.79 Å². The smallest absolute Gasteiger partial charge is 0.337 e. The lowest BCUT2D eigenvalue weighted by atomic mass is 9.96. The molecule has 0 aliphatic heterocycles. The van der Waals surface area contributed by atoms with E-state index in [1.165, 1.54) is 19.2 Å². The summed E-state index contributed by atoms with van der Waals surface area (Å²) in [5.41, 5.74) is 9.98. The van der Waals surface area contributed by atoms with Gasteiger partial charge >= 0.3 is 5.97 Å². The first-order chi connectivity index (χ1) is 14.9. The molecule has 0 spiro atoms. The Morgan fingerprint density at radius 3 is 2.45 bits per heavy atom. The molecule has 31 heavy (non-hydrogen) atoms. The number of halogens is 1. The lowest BCUT2D eigenvalue weighted by Crippen LogP contribution is -2.01.